The van der Waals surface area contributed by atoms with Gasteiger partial charge in [0.1, 0.15) is 19.8 Å². The Labute approximate surface area is 124 Å². The molecule has 0 aliphatic carbocycles. The van der Waals surface area contributed by atoms with Crippen LogP contribution >= 0.6 is 0 Å². The predicted molar refractivity (Wildman–Crippen MR) is 73.5 cm³/mol. The monoisotopic (exact) mass is 304 g/mol. The van der Waals surface area contributed by atoms with Gasteiger partial charge in [-0.2, -0.15) is 0 Å². The minimum absolute atomic E-state index is 0.0110. The van der Waals surface area contributed by atoms with E-state index in [1.807, 2.05) is 0 Å². The first-order valence-electron chi connectivity index (χ1n) is 6.73. The summed E-state index contributed by atoms with van der Waals surface area (Å²) in [6.07, 6.45) is -0.855. The van der Waals surface area contributed by atoms with E-state index in [1.54, 1.807) is 27.7 Å². The van der Waals surface area contributed by atoms with Crippen LogP contribution in [0.25, 0.3) is 0 Å². The molecule has 0 N–H and O–H groups in total. The third kappa shape index (κ3) is 10.6. The van der Waals surface area contributed by atoms with Crippen molar-refractivity contribution in [1.29, 1.82) is 0 Å². The summed E-state index contributed by atoms with van der Waals surface area (Å²) in [7, 11) is 0. The van der Waals surface area contributed by atoms with Crippen LogP contribution in [0.3, 0.4) is 0 Å². The fourth-order valence-electron chi connectivity index (χ4n) is 1.07. The Balaban J connectivity index is 3.80. The first kappa shape index (κ1) is 19.2. The lowest BCUT2D eigenvalue weighted by Gasteiger charge is -2.22. The summed E-state index contributed by atoms with van der Waals surface area (Å²) >= 11 is 0. The molecule has 0 saturated carbocycles. The average Bonchev–Trinajstić information content (AvgIpc) is 2.39. The highest BCUT2D eigenvalue weighted by Gasteiger charge is 2.22. The molecular weight excluding hydrogens is 280 g/mol. The molecule has 0 aromatic rings. The predicted octanol–water partition coefficient (Wildman–Crippen LogP) is 1.93. The van der Waals surface area contributed by atoms with Gasteiger partial charge in [0.15, 0.2) is 0 Å². The number of carbonyl (C=O) groups excluding carboxylic acids is 3. The van der Waals surface area contributed by atoms with Crippen LogP contribution in [0, 0.1) is 11.3 Å². The lowest BCUT2D eigenvalue weighted by molar-refractivity contribution is -0.149. The zero-order valence-corrected chi connectivity index (χ0v) is 13.3. The molecule has 0 bridgehead atoms. The minimum Gasteiger partial charge on any atom is -0.465 e. The molecule has 0 heterocycles. The van der Waals surface area contributed by atoms with Gasteiger partial charge in [0.05, 0.1) is 12.5 Å². The van der Waals surface area contributed by atoms with Gasteiger partial charge in [0.2, 0.25) is 0 Å². The molecule has 0 aromatic carbocycles. The quantitative estimate of drug-likeness (QED) is 0.384. The first-order valence-corrected chi connectivity index (χ1v) is 6.73. The number of esters is 2. The highest BCUT2D eigenvalue weighted by Crippen LogP contribution is 2.16. The smallest absolute Gasteiger partial charge is 0.465 e. The van der Waals surface area contributed by atoms with Gasteiger partial charge < -0.3 is 18.9 Å². The molecule has 7 nitrogen and oxygen atoms in total. The molecule has 7 heteroatoms. The summed E-state index contributed by atoms with van der Waals surface area (Å²) in [5.41, 5.74) is -0.505. The fraction of sp³-hybridized carbons (Fsp3) is 0.786. The third-order valence-electron chi connectivity index (χ3n) is 2.27. The van der Waals surface area contributed by atoms with E-state index >= 15 is 0 Å². The summed E-state index contributed by atoms with van der Waals surface area (Å²) < 4.78 is 19.3. The van der Waals surface area contributed by atoms with E-state index in [2.05, 4.69) is 0 Å². The molecule has 0 rings (SSSR count). The summed E-state index contributed by atoms with van der Waals surface area (Å²) in [5, 5.41) is 0. The van der Waals surface area contributed by atoms with Crippen LogP contribution in [-0.2, 0) is 28.5 Å². The molecule has 0 unspecified atom stereocenters. The standard InChI is InChI=1S/C14H24O7/c1-10(2)12(16)18-6-7-19-13(17)21-9-14(4,5)8-20-11(3)15/h10H,6-9H2,1-5H3. The number of carbonyl (C=O) groups is 3. The van der Waals surface area contributed by atoms with E-state index < -0.39 is 17.5 Å². The van der Waals surface area contributed by atoms with Crippen LogP contribution in [0.1, 0.15) is 34.6 Å². The number of hydrogen-bond donors (Lipinski definition) is 0. The second-order valence-corrected chi connectivity index (χ2v) is 5.65. The molecule has 0 saturated heterocycles. The van der Waals surface area contributed by atoms with E-state index in [4.69, 9.17) is 18.9 Å². The van der Waals surface area contributed by atoms with E-state index in [-0.39, 0.29) is 38.3 Å². The Bertz CT molecular complexity index is 360. The third-order valence-corrected chi connectivity index (χ3v) is 2.27. The van der Waals surface area contributed by atoms with Crippen molar-refractivity contribution < 1.29 is 33.3 Å². The van der Waals surface area contributed by atoms with Crippen molar-refractivity contribution >= 4 is 18.1 Å². The average molecular weight is 304 g/mol. The maximum Gasteiger partial charge on any atom is 0.508 e. The van der Waals surface area contributed by atoms with E-state index in [0.717, 1.165) is 0 Å². The molecular formula is C14H24O7. The molecule has 0 aromatic heterocycles. The van der Waals surface area contributed by atoms with Crippen molar-refractivity contribution in [3.8, 4) is 0 Å². The summed E-state index contributed by atoms with van der Waals surface area (Å²) in [6.45, 7) is 8.41. The van der Waals surface area contributed by atoms with Gasteiger partial charge in [-0.1, -0.05) is 27.7 Å². The molecule has 0 radical (unpaired) electrons. The Kier molecular flexibility index (Phi) is 8.42. The van der Waals surface area contributed by atoms with Crippen LogP contribution in [0.5, 0.6) is 0 Å². The van der Waals surface area contributed by atoms with Crippen molar-refractivity contribution in [3.63, 3.8) is 0 Å². The Morgan fingerprint density at radius 3 is 1.95 bits per heavy atom. The normalized spacial score (nSPS) is 11.0. The number of ether oxygens (including phenoxy) is 4. The van der Waals surface area contributed by atoms with Gasteiger partial charge in [-0.05, 0) is 0 Å². The Morgan fingerprint density at radius 1 is 0.905 bits per heavy atom. The second-order valence-electron chi connectivity index (χ2n) is 5.65. The maximum absolute atomic E-state index is 11.3. The summed E-state index contributed by atoms with van der Waals surface area (Å²) in [4.78, 5) is 33.2. The first-order chi connectivity index (χ1) is 9.64. The maximum atomic E-state index is 11.3. The lowest BCUT2D eigenvalue weighted by Crippen LogP contribution is -2.28. The Hall–Kier alpha value is -1.79. The van der Waals surface area contributed by atoms with Gasteiger partial charge in [-0.15, -0.1) is 0 Å². The van der Waals surface area contributed by atoms with Gasteiger partial charge >= 0.3 is 18.1 Å². The van der Waals surface area contributed by atoms with Crippen LogP contribution < -0.4 is 0 Å². The highest BCUT2D eigenvalue weighted by atomic mass is 16.7. The van der Waals surface area contributed by atoms with Crippen LogP contribution in [-0.4, -0.2) is 44.5 Å². The topological polar surface area (TPSA) is 88.1 Å². The van der Waals surface area contributed by atoms with E-state index in [9.17, 15) is 14.4 Å². The summed E-state index contributed by atoms with van der Waals surface area (Å²) in [5.74, 6) is -0.967. The zero-order chi connectivity index (χ0) is 16.5. The van der Waals surface area contributed by atoms with Crippen molar-refractivity contribution in [3.05, 3.63) is 0 Å². The van der Waals surface area contributed by atoms with Gasteiger partial charge in [-0.25, -0.2) is 4.79 Å². The minimum atomic E-state index is -0.855. The van der Waals surface area contributed by atoms with Crippen LogP contribution in [0.4, 0.5) is 4.79 Å². The van der Waals surface area contributed by atoms with E-state index in [1.165, 1.54) is 6.92 Å². The number of rotatable bonds is 8. The lowest BCUT2D eigenvalue weighted by atomic mass is 9.96. The number of hydrogen-bond acceptors (Lipinski definition) is 7. The largest absolute Gasteiger partial charge is 0.508 e. The van der Waals surface area contributed by atoms with Crippen molar-refractivity contribution in [2.45, 2.75) is 34.6 Å². The molecule has 0 amide bonds. The molecule has 0 aliphatic heterocycles. The van der Waals surface area contributed by atoms with Crippen LogP contribution in [0.2, 0.25) is 0 Å². The zero-order valence-electron chi connectivity index (χ0n) is 13.3. The summed E-state index contributed by atoms with van der Waals surface area (Å²) in [6, 6.07) is 0. The molecule has 0 fully saturated rings. The second kappa shape index (κ2) is 9.20. The molecule has 0 aliphatic rings. The fourth-order valence-corrected chi connectivity index (χ4v) is 1.07. The molecule has 0 spiro atoms. The van der Waals surface area contributed by atoms with Crippen molar-refractivity contribution in [1.82, 2.24) is 0 Å². The van der Waals surface area contributed by atoms with Gasteiger partial charge in [0, 0.05) is 12.3 Å². The van der Waals surface area contributed by atoms with Crippen LogP contribution in [0.15, 0.2) is 0 Å². The van der Waals surface area contributed by atoms with Gasteiger partial charge in [-0.3, -0.25) is 9.59 Å². The highest BCUT2D eigenvalue weighted by molar-refractivity contribution is 5.71. The molecule has 122 valence electrons. The molecule has 0 atom stereocenters. The molecule has 21 heavy (non-hydrogen) atoms. The SMILES string of the molecule is CC(=O)OCC(C)(C)COC(=O)OCCOC(=O)C(C)C. The van der Waals surface area contributed by atoms with Crippen molar-refractivity contribution in [2.24, 2.45) is 11.3 Å². The van der Waals surface area contributed by atoms with Gasteiger partial charge in [0.25, 0.3) is 0 Å². The van der Waals surface area contributed by atoms with E-state index in [0.29, 0.717) is 0 Å². The Morgan fingerprint density at radius 2 is 1.43 bits per heavy atom. The van der Waals surface area contributed by atoms with Crippen molar-refractivity contribution in [2.75, 3.05) is 26.4 Å².